The van der Waals surface area contributed by atoms with E-state index in [2.05, 4.69) is 5.32 Å². The lowest BCUT2D eigenvalue weighted by Gasteiger charge is -2.22. The summed E-state index contributed by atoms with van der Waals surface area (Å²) in [6.45, 7) is 4.37. The molecule has 0 bridgehead atoms. The maximum Gasteiger partial charge on any atom is 0.274 e. The zero-order chi connectivity index (χ0) is 13.7. The quantitative estimate of drug-likeness (QED) is 0.656. The normalized spacial score (nSPS) is 19.1. The van der Waals surface area contributed by atoms with Crippen LogP contribution in [0.25, 0.3) is 0 Å². The van der Waals surface area contributed by atoms with Crippen molar-refractivity contribution >= 4 is 11.4 Å². The third kappa shape index (κ3) is 3.67. The van der Waals surface area contributed by atoms with Gasteiger partial charge in [-0.15, -0.1) is 0 Å². The number of nitrogens with zero attached hydrogens (tertiary/aromatic N) is 1. The molecule has 104 valence electrons. The fraction of sp³-hybridized carbons (Fsp3) is 0.571. The first-order valence-corrected chi connectivity index (χ1v) is 6.79. The van der Waals surface area contributed by atoms with Crippen molar-refractivity contribution in [1.29, 1.82) is 0 Å². The number of benzene rings is 1. The molecule has 0 saturated carbocycles. The van der Waals surface area contributed by atoms with E-state index in [4.69, 9.17) is 4.74 Å². The van der Waals surface area contributed by atoms with Crippen LogP contribution in [0.5, 0.6) is 0 Å². The summed E-state index contributed by atoms with van der Waals surface area (Å²) in [5.41, 5.74) is 1.79. The van der Waals surface area contributed by atoms with Crippen molar-refractivity contribution in [3.63, 3.8) is 0 Å². The zero-order valence-electron chi connectivity index (χ0n) is 11.2. The number of hydrogen-bond acceptors (Lipinski definition) is 4. The summed E-state index contributed by atoms with van der Waals surface area (Å²) in [7, 11) is 0. The highest BCUT2D eigenvalue weighted by Gasteiger charge is 2.15. The van der Waals surface area contributed by atoms with Crippen molar-refractivity contribution in [2.24, 2.45) is 5.92 Å². The minimum Gasteiger partial charge on any atom is -0.384 e. The van der Waals surface area contributed by atoms with Gasteiger partial charge in [-0.1, -0.05) is 13.0 Å². The van der Waals surface area contributed by atoms with Gasteiger partial charge < -0.3 is 10.1 Å². The van der Waals surface area contributed by atoms with E-state index in [0.717, 1.165) is 43.9 Å². The SMILES string of the molecule is CCc1ccc(NCC2CCCOC2)cc1[N+](=O)[O-]. The average molecular weight is 264 g/mol. The highest BCUT2D eigenvalue weighted by Crippen LogP contribution is 2.24. The summed E-state index contributed by atoms with van der Waals surface area (Å²) in [5.74, 6) is 0.499. The Balaban J connectivity index is 2.00. The van der Waals surface area contributed by atoms with Gasteiger partial charge in [-0.05, 0) is 31.2 Å². The van der Waals surface area contributed by atoms with Crippen molar-refractivity contribution in [2.45, 2.75) is 26.2 Å². The lowest BCUT2D eigenvalue weighted by atomic mass is 10.0. The molecule has 1 fully saturated rings. The van der Waals surface area contributed by atoms with Crippen LogP contribution in [-0.4, -0.2) is 24.7 Å². The molecule has 1 aliphatic rings. The second kappa shape index (κ2) is 6.52. The minimum absolute atomic E-state index is 0.201. The van der Waals surface area contributed by atoms with Gasteiger partial charge in [-0.25, -0.2) is 0 Å². The van der Waals surface area contributed by atoms with E-state index in [1.165, 1.54) is 0 Å². The molecule has 1 unspecified atom stereocenters. The van der Waals surface area contributed by atoms with E-state index in [-0.39, 0.29) is 10.6 Å². The molecule has 2 rings (SSSR count). The van der Waals surface area contributed by atoms with Crippen LogP contribution in [0.4, 0.5) is 11.4 Å². The molecular formula is C14H20N2O3. The van der Waals surface area contributed by atoms with Crippen LogP contribution in [0.15, 0.2) is 18.2 Å². The van der Waals surface area contributed by atoms with Gasteiger partial charge in [0.1, 0.15) is 0 Å². The van der Waals surface area contributed by atoms with E-state index in [9.17, 15) is 10.1 Å². The van der Waals surface area contributed by atoms with E-state index in [1.54, 1.807) is 6.07 Å². The number of nitro benzene ring substituents is 1. The zero-order valence-corrected chi connectivity index (χ0v) is 11.2. The third-order valence-electron chi connectivity index (χ3n) is 3.51. The van der Waals surface area contributed by atoms with Gasteiger partial charge in [0.05, 0.1) is 11.5 Å². The molecule has 1 aliphatic heterocycles. The number of nitrogens with one attached hydrogen (secondary N) is 1. The third-order valence-corrected chi connectivity index (χ3v) is 3.51. The number of anilines is 1. The van der Waals surface area contributed by atoms with Gasteiger partial charge in [0.15, 0.2) is 0 Å². The number of ether oxygens (including phenoxy) is 1. The minimum atomic E-state index is -0.312. The molecule has 1 atom stereocenters. The molecule has 19 heavy (non-hydrogen) atoms. The molecule has 5 heteroatoms. The van der Waals surface area contributed by atoms with E-state index < -0.39 is 0 Å². The van der Waals surface area contributed by atoms with Crippen molar-refractivity contribution < 1.29 is 9.66 Å². The largest absolute Gasteiger partial charge is 0.384 e. The summed E-state index contributed by atoms with van der Waals surface area (Å²) < 4.78 is 5.42. The molecule has 1 saturated heterocycles. The van der Waals surface area contributed by atoms with Crippen molar-refractivity contribution in [3.8, 4) is 0 Å². The summed E-state index contributed by atoms with van der Waals surface area (Å²) in [5, 5.41) is 14.3. The summed E-state index contributed by atoms with van der Waals surface area (Å²) in [6, 6.07) is 5.37. The molecule has 1 aromatic rings. The Morgan fingerprint density at radius 1 is 1.53 bits per heavy atom. The van der Waals surface area contributed by atoms with E-state index in [1.807, 2.05) is 19.1 Å². The first kappa shape index (κ1) is 13.8. The Labute approximate surface area is 113 Å². The topological polar surface area (TPSA) is 64.4 Å². The van der Waals surface area contributed by atoms with Gasteiger partial charge in [0, 0.05) is 30.5 Å². The van der Waals surface area contributed by atoms with Crippen molar-refractivity contribution in [3.05, 3.63) is 33.9 Å². The Kier molecular flexibility index (Phi) is 4.74. The Hall–Kier alpha value is -1.62. The molecule has 0 amide bonds. The van der Waals surface area contributed by atoms with Crippen LogP contribution in [0.2, 0.25) is 0 Å². The van der Waals surface area contributed by atoms with Gasteiger partial charge in [0.25, 0.3) is 5.69 Å². The fourth-order valence-corrected chi connectivity index (χ4v) is 2.37. The molecule has 1 N–H and O–H groups in total. The van der Waals surface area contributed by atoms with Crippen LogP contribution in [0.3, 0.4) is 0 Å². The van der Waals surface area contributed by atoms with E-state index in [0.29, 0.717) is 12.3 Å². The molecule has 0 aromatic heterocycles. The highest BCUT2D eigenvalue weighted by molar-refractivity contribution is 5.55. The number of rotatable bonds is 5. The molecular weight excluding hydrogens is 244 g/mol. The number of nitro groups is 1. The van der Waals surface area contributed by atoms with Gasteiger partial charge in [-0.3, -0.25) is 10.1 Å². The van der Waals surface area contributed by atoms with Crippen LogP contribution >= 0.6 is 0 Å². The predicted molar refractivity (Wildman–Crippen MR) is 74.5 cm³/mol. The van der Waals surface area contributed by atoms with E-state index >= 15 is 0 Å². The average Bonchev–Trinajstić information content (AvgIpc) is 2.46. The maximum absolute atomic E-state index is 11.0. The smallest absolute Gasteiger partial charge is 0.274 e. The Bertz CT molecular complexity index is 442. The maximum atomic E-state index is 11.0. The van der Waals surface area contributed by atoms with Crippen LogP contribution < -0.4 is 5.32 Å². The summed E-state index contributed by atoms with van der Waals surface area (Å²) in [4.78, 5) is 10.7. The molecule has 0 aliphatic carbocycles. The molecule has 1 heterocycles. The Morgan fingerprint density at radius 3 is 3.00 bits per heavy atom. The highest BCUT2D eigenvalue weighted by atomic mass is 16.6. The molecule has 5 nitrogen and oxygen atoms in total. The monoisotopic (exact) mass is 264 g/mol. The van der Waals surface area contributed by atoms with Crippen LogP contribution in [-0.2, 0) is 11.2 Å². The summed E-state index contributed by atoms with van der Waals surface area (Å²) in [6.07, 6.45) is 2.93. The molecule has 0 radical (unpaired) electrons. The van der Waals surface area contributed by atoms with Gasteiger partial charge >= 0.3 is 0 Å². The number of aryl methyl sites for hydroxylation is 1. The second-order valence-electron chi connectivity index (χ2n) is 4.92. The van der Waals surface area contributed by atoms with Crippen molar-refractivity contribution in [1.82, 2.24) is 0 Å². The summed E-state index contributed by atoms with van der Waals surface area (Å²) >= 11 is 0. The van der Waals surface area contributed by atoms with Crippen LogP contribution in [0.1, 0.15) is 25.3 Å². The number of hydrogen-bond donors (Lipinski definition) is 1. The second-order valence-corrected chi connectivity index (χ2v) is 4.92. The molecule has 1 aromatic carbocycles. The lowest BCUT2D eigenvalue weighted by Crippen LogP contribution is -2.24. The van der Waals surface area contributed by atoms with Crippen molar-refractivity contribution in [2.75, 3.05) is 25.1 Å². The van der Waals surface area contributed by atoms with Gasteiger partial charge in [0.2, 0.25) is 0 Å². The first-order valence-electron chi connectivity index (χ1n) is 6.79. The predicted octanol–water partition coefficient (Wildman–Crippen LogP) is 3.00. The fourth-order valence-electron chi connectivity index (χ4n) is 2.37. The Morgan fingerprint density at radius 2 is 2.37 bits per heavy atom. The molecule has 0 spiro atoms. The first-order chi connectivity index (χ1) is 9.20. The van der Waals surface area contributed by atoms with Crippen LogP contribution in [0, 0.1) is 16.0 Å². The van der Waals surface area contributed by atoms with Gasteiger partial charge in [-0.2, -0.15) is 0 Å². The lowest BCUT2D eigenvalue weighted by molar-refractivity contribution is -0.385. The standard InChI is InChI=1S/C14H20N2O3/c1-2-12-5-6-13(8-14(12)16(17)18)15-9-11-4-3-7-19-10-11/h5-6,8,11,15H,2-4,7,9-10H2,1H3.